The van der Waals surface area contributed by atoms with Crippen molar-refractivity contribution in [2.45, 2.75) is 43.6 Å². The van der Waals surface area contributed by atoms with E-state index >= 15 is 0 Å². The molecule has 0 spiro atoms. The Morgan fingerprint density at radius 1 is 1.12 bits per heavy atom. The first kappa shape index (κ1) is 22.0. The van der Waals surface area contributed by atoms with Gasteiger partial charge >= 0.3 is 6.18 Å². The molecule has 0 bridgehead atoms. The van der Waals surface area contributed by atoms with E-state index in [0.717, 1.165) is 25.0 Å². The van der Waals surface area contributed by atoms with E-state index in [1.807, 2.05) is 0 Å². The number of nitrogens with zero attached hydrogens (tertiary/aromatic N) is 2. The van der Waals surface area contributed by atoms with Crippen molar-refractivity contribution in [3.8, 4) is 0 Å². The average Bonchev–Trinajstić information content (AvgIpc) is 3.19. The number of halogens is 3. The number of fused-ring (bicyclic) bond motifs is 1. The molecule has 1 atom stereocenters. The van der Waals surface area contributed by atoms with Crippen LogP contribution in [-0.4, -0.2) is 36.3 Å². The lowest BCUT2D eigenvalue weighted by Crippen LogP contribution is -2.57. The largest absolute Gasteiger partial charge is 0.416 e. The van der Waals surface area contributed by atoms with Gasteiger partial charge in [0.2, 0.25) is 12.1 Å². The lowest BCUT2D eigenvalue weighted by Gasteiger charge is -2.26. The standard InChI is InChI=1S/C23H23F3N4O2/c1-30-17-7-3-2-6-16(17)18(14-8-10-15(11-9-14)23(24,25)26)28-19(20(30)31)29-21(32)22(27)12-4-5-13-22/h2-3,6-11,19H,4-5,12-13,27H2,1H3,(H,29,32). The number of hydrogen-bond acceptors (Lipinski definition) is 4. The van der Waals surface area contributed by atoms with Crippen molar-refractivity contribution in [3.05, 3.63) is 65.2 Å². The zero-order valence-electron chi connectivity index (χ0n) is 17.4. The molecule has 1 aliphatic heterocycles. The minimum absolute atomic E-state index is 0.315. The maximum atomic E-state index is 13.1. The number of rotatable bonds is 3. The van der Waals surface area contributed by atoms with Gasteiger partial charge in [-0.15, -0.1) is 0 Å². The zero-order valence-corrected chi connectivity index (χ0v) is 17.4. The van der Waals surface area contributed by atoms with Crippen molar-refractivity contribution < 1.29 is 22.8 Å². The number of aliphatic imine (C=N–C) groups is 1. The molecular weight excluding hydrogens is 421 g/mol. The Labute approximate surface area is 183 Å². The molecule has 9 heteroatoms. The number of para-hydroxylation sites is 1. The third-order valence-corrected chi connectivity index (χ3v) is 6.04. The normalized spacial score (nSPS) is 20.4. The molecule has 1 fully saturated rings. The van der Waals surface area contributed by atoms with Crippen LogP contribution in [0.2, 0.25) is 0 Å². The Morgan fingerprint density at radius 2 is 1.75 bits per heavy atom. The quantitative estimate of drug-likeness (QED) is 0.762. The molecule has 1 saturated carbocycles. The van der Waals surface area contributed by atoms with Crippen LogP contribution in [0.1, 0.15) is 42.4 Å². The van der Waals surface area contributed by atoms with Crippen LogP contribution in [0.4, 0.5) is 18.9 Å². The Hall–Kier alpha value is -3.20. The molecule has 0 radical (unpaired) electrons. The summed E-state index contributed by atoms with van der Waals surface area (Å²) >= 11 is 0. The molecule has 3 N–H and O–H groups in total. The van der Waals surface area contributed by atoms with Gasteiger partial charge in [0.05, 0.1) is 22.5 Å². The van der Waals surface area contributed by atoms with E-state index in [-0.39, 0.29) is 0 Å². The van der Waals surface area contributed by atoms with E-state index in [1.165, 1.54) is 17.0 Å². The summed E-state index contributed by atoms with van der Waals surface area (Å²) in [5, 5.41) is 2.67. The molecule has 2 aromatic rings. The van der Waals surface area contributed by atoms with Gasteiger partial charge in [-0.1, -0.05) is 43.2 Å². The molecule has 1 aliphatic carbocycles. The Balaban J connectivity index is 1.77. The van der Waals surface area contributed by atoms with Crippen LogP contribution < -0.4 is 16.0 Å². The minimum atomic E-state index is -4.47. The first-order valence-corrected chi connectivity index (χ1v) is 10.3. The fourth-order valence-corrected chi connectivity index (χ4v) is 4.16. The predicted molar refractivity (Wildman–Crippen MR) is 114 cm³/mol. The van der Waals surface area contributed by atoms with E-state index in [1.54, 1.807) is 31.3 Å². The van der Waals surface area contributed by atoms with Gasteiger partial charge in [-0.05, 0) is 31.0 Å². The van der Waals surface area contributed by atoms with Crippen LogP contribution in [0.25, 0.3) is 0 Å². The molecule has 6 nitrogen and oxygen atoms in total. The van der Waals surface area contributed by atoms with Gasteiger partial charge in [-0.2, -0.15) is 13.2 Å². The average molecular weight is 444 g/mol. The fraction of sp³-hybridized carbons (Fsp3) is 0.348. The van der Waals surface area contributed by atoms with Crippen LogP contribution in [-0.2, 0) is 15.8 Å². The first-order chi connectivity index (χ1) is 15.1. The van der Waals surface area contributed by atoms with Gasteiger partial charge < -0.3 is 16.0 Å². The van der Waals surface area contributed by atoms with Crippen molar-refractivity contribution in [3.63, 3.8) is 0 Å². The van der Waals surface area contributed by atoms with Gasteiger partial charge in [0.15, 0.2) is 0 Å². The highest BCUT2D eigenvalue weighted by atomic mass is 19.4. The third-order valence-electron chi connectivity index (χ3n) is 6.04. The Kier molecular flexibility index (Phi) is 5.54. The van der Waals surface area contributed by atoms with E-state index in [4.69, 9.17) is 5.73 Å². The summed E-state index contributed by atoms with van der Waals surface area (Å²) in [4.78, 5) is 31.9. The van der Waals surface area contributed by atoms with Crippen LogP contribution in [0.15, 0.2) is 53.5 Å². The Morgan fingerprint density at radius 3 is 2.38 bits per heavy atom. The number of nitrogens with two attached hydrogens (primary N) is 1. The molecule has 32 heavy (non-hydrogen) atoms. The van der Waals surface area contributed by atoms with Crippen LogP contribution in [0.3, 0.4) is 0 Å². The minimum Gasteiger partial charge on any atom is -0.325 e. The number of amides is 2. The zero-order chi connectivity index (χ0) is 23.1. The number of hydrogen-bond donors (Lipinski definition) is 2. The number of nitrogens with one attached hydrogen (secondary N) is 1. The number of alkyl halides is 3. The van der Waals surface area contributed by atoms with Gasteiger partial charge in [-0.25, -0.2) is 4.99 Å². The van der Waals surface area contributed by atoms with Gasteiger partial charge in [-0.3, -0.25) is 9.59 Å². The second-order valence-electron chi connectivity index (χ2n) is 8.21. The molecule has 2 aromatic carbocycles. The van der Waals surface area contributed by atoms with Crippen molar-refractivity contribution in [1.29, 1.82) is 0 Å². The second kappa shape index (κ2) is 8.05. The molecule has 2 aliphatic rings. The van der Waals surface area contributed by atoms with E-state index in [0.29, 0.717) is 35.4 Å². The van der Waals surface area contributed by atoms with E-state index in [2.05, 4.69) is 10.3 Å². The summed E-state index contributed by atoms with van der Waals surface area (Å²) in [7, 11) is 1.57. The molecule has 2 amide bonds. The molecule has 0 saturated heterocycles. The highest BCUT2D eigenvalue weighted by Gasteiger charge is 2.40. The maximum Gasteiger partial charge on any atom is 0.416 e. The van der Waals surface area contributed by atoms with Crippen molar-refractivity contribution >= 4 is 23.2 Å². The molecular formula is C23H23F3N4O2. The highest BCUT2D eigenvalue weighted by molar-refractivity contribution is 6.20. The second-order valence-corrected chi connectivity index (χ2v) is 8.21. The molecule has 0 aromatic heterocycles. The van der Waals surface area contributed by atoms with Gasteiger partial charge in [0.25, 0.3) is 5.91 Å². The monoisotopic (exact) mass is 444 g/mol. The van der Waals surface area contributed by atoms with Crippen molar-refractivity contribution in [1.82, 2.24) is 5.32 Å². The first-order valence-electron chi connectivity index (χ1n) is 10.3. The number of anilines is 1. The summed E-state index contributed by atoms with van der Waals surface area (Å²) in [5.74, 6) is -0.919. The lowest BCUT2D eigenvalue weighted by molar-refractivity contribution is -0.137. The van der Waals surface area contributed by atoms with Crippen molar-refractivity contribution in [2.24, 2.45) is 10.7 Å². The summed E-state index contributed by atoms with van der Waals surface area (Å²) in [6, 6.07) is 11.5. The predicted octanol–water partition coefficient (Wildman–Crippen LogP) is 3.23. The smallest absolute Gasteiger partial charge is 0.325 e. The lowest BCUT2D eigenvalue weighted by atomic mass is 9.98. The van der Waals surface area contributed by atoms with E-state index in [9.17, 15) is 22.8 Å². The number of carbonyl (C=O) groups is 2. The molecule has 1 heterocycles. The fourth-order valence-electron chi connectivity index (χ4n) is 4.16. The summed E-state index contributed by atoms with van der Waals surface area (Å²) in [6.07, 6.45) is -3.03. The van der Waals surface area contributed by atoms with Crippen LogP contribution in [0, 0.1) is 0 Å². The summed E-state index contributed by atoms with van der Waals surface area (Å²) in [6.45, 7) is 0. The van der Waals surface area contributed by atoms with Crippen molar-refractivity contribution in [2.75, 3.05) is 11.9 Å². The number of carbonyl (C=O) groups excluding carboxylic acids is 2. The molecule has 168 valence electrons. The topological polar surface area (TPSA) is 87.8 Å². The Bertz CT molecular complexity index is 1070. The van der Waals surface area contributed by atoms with E-state index < -0.39 is 35.3 Å². The maximum absolute atomic E-state index is 13.1. The third kappa shape index (κ3) is 4.00. The highest BCUT2D eigenvalue weighted by Crippen LogP contribution is 2.32. The molecule has 1 unspecified atom stereocenters. The SMILES string of the molecule is CN1C(=O)C(NC(=O)C2(N)CCCC2)N=C(c2ccc(C(F)(F)F)cc2)c2ccccc21. The van der Waals surface area contributed by atoms with Gasteiger partial charge in [0, 0.05) is 18.2 Å². The number of likely N-dealkylation sites (N-methyl/N-ethyl adjacent to an activating group) is 1. The summed E-state index contributed by atoms with van der Waals surface area (Å²) < 4.78 is 39.1. The van der Waals surface area contributed by atoms with Gasteiger partial charge in [0.1, 0.15) is 0 Å². The number of benzodiazepines with no additional fused rings is 1. The van der Waals surface area contributed by atoms with Crippen LogP contribution >= 0.6 is 0 Å². The molecule has 4 rings (SSSR count). The summed E-state index contributed by atoms with van der Waals surface area (Å²) in [5.41, 5.74) is 6.22. The van der Waals surface area contributed by atoms with Crippen LogP contribution in [0.5, 0.6) is 0 Å². The number of benzene rings is 2.